The number of fused-ring (bicyclic) bond motifs is 2. The lowest BCUT2D eigenvalue weighted by Gasteiger charge is -2.16. The molecule has 1 amide bonds. The second-order valence-electron chi connectivity index (χ2n) is 7.75. The third-order valence-corrected chi connectivity index (χ3v) is 7.48. The quantitative estimate of drug-likeness (QED) is 0.340. The number of thiophene rings is 1. The average Bonchev–Trinajstić information content (AvgIpc) is 3.41. The van der Waals surface area contributed by atoms with Gasteiger partial charge in [0.1, 0.15) is 10.5 Å². The first-order valence-electron chi connectivity index (χ1n) is 10.3. The van der Waals surface area contributed by atoms with E-state index in [9.17, 15) is 14.0 Å². The molecule has 2 heterocycles. The van der Waals surface area contributed by atoms with Gasteiger partial charge in [0.2, 0.25) is 5.91 Å². The molecule has 0 bridgehead atoms. The fraction of sp³-hybridized carbons (Fsp3) is 0.208. The summed E-state index contributed by atoms with van der Waals surface area (Å²) in [4.78, 5) is 30.6. The summed E-state index contributed by atoms with van der Waals surface area (Å²) in [6.45, 7) is 1.75. The molecule has 1 unspecified atom stereocenters. The van der Waals surface area contributed by atoms with Crippen LogP contribution in [0.15, 0.2) is 63.9 Å². The smallest absolute Gasteiger partial charge is 0.276 e. The highest BCUT2D eigenvalue weighted by Gasteiger charge is 2.24. The fourth-order valence-electron chi connectivity index (χ4n) is 4.14. The van der Waals surface area contributed by atoms with E-state index >= 15 is 0 Å². The number of hydrogen-bond acceptors (Lipinski definition) is 5. The van der Waals surface area contributed by atoms with Gasteiger partial charge in [0.15, 0.2) is 5.16 Å². The number of amides is 1. The number of rotatable bonds is 5. The van der Waals surface area contributed by atoms with Crippen molar-refractivity contribution >= 4 is 39.2 Å². The van der Waals surface area contributed by atoms with Crippen molar-refractivity contribution in [2.45, 2.75) is 31.0 Å². The Balaban J connectivity index is 1.43. The molecule has 0 fully saturated rings. The number of benzene rings is 2. The number of halogens is 1. The molecule has 0 radical (unpaired) electrons. The minimum atomic E-state index is -0.366. The van der Waals surface area contributed by atoms with E-state index in [0.29, 0.717) is 26.6 Å². The van der Waals surface area contributed by atoms with Crippen LogP contribution in [-0.4, -0.2) is 21.2 Å². The van der Waals surface area contributed by atoms with Crippen molar-refractivity contribution in [3.05, 3.63) is 86.8 Å². The van der Waals surface area contributed by atoms with Crippen LogP contribution in [0.2, 0.25) is 0 Å². The lowest BCUT2D eigenvalue weighted by molar-refractivity contribution is -0.119. The molecule has 8 heteroatoms. The maximum Gasteiger partial charge on any atom is 0.276 e. The first-order chi connectivity index (χ1) is 15.5. The van der Waals surface area contributed by atoms with Crippen molar-refractivity contribution in [2.75, 3.05) is 5.75 Å². The van der Waals surface area contributed by atoms with Gasteiger partial charge in [-0.25, -0.2) is 9.37 Å². The summed E-state index contributed by atoms with van der Waals surface area (Å²) in [6.07, 6.45) is 1.84. The number of aromatic nitrogens is 2. The molecular formula is C24H20FN3O2S2. The second kappa shape index (κ2) is 8.52. The largest absolute Gasteiger partial charge is 0.349 e. The molecule has 32 heavy (non-hydrogen) atoms. The maximum atomic E-state index is 13.7. The monoisotopic (exact) mass is 465 g/mol. The third kappa shape index (κ3) is 3.84. The zero-order valence-electron chi connectivity index (χ0n) is 17.3. The Morgan fingerprint density at radius 1 is 1.28 bits per heavy atom. The Morgan fingerprint density at radius 2 is 2.12 bits per heavy atom. The van der Waals surface area contributed by atoms with E-state index in [1.807, 2.05) is 17.5 Å². The molecule has 1 atom stereocenters. The molecule has 162 valence electrons. The summed E-state index contributed by atoms with van der Waals surface area (Å²) >= 11 is 2.53. The molecule has 1 aliphatic rings. The number of carbonyl (C=O) groups is 1. The molecule has 5 nitrogen and oxygen atoms in total. The summed E-state index contributed by atoms with van der Waals surface area (Å²) in [5, 5.41) is 5.34. The summed E-state index contributed by atoms with van der Waals surface area (Å²) in [7, 11) is 0. The van der Waals surface area contributed by atoms with Crippen LogP contribution >= 0.6 is 23.1 Å². The van der Waals surface area contributed by atoms with Crippen molar-refractivity contribution in [2.24, 2.45) is 0 Å². The lowest BCUT2D eigenvalue weighted by atomic mass is 10.1. The summed E-state index contributed by atoms with van der Waals surface area (Å²) in [6, 6.07) is 14.2. The van der Waals surface area contributed by atoms with Gasteiger partial charge in [0.25, 0.3) is 5.56 Å². The van der Waals surface area contributed by atoms with Gasteiger partial charge in [-0.1, -0.05) is 36.0 Å². The standard InChI is InChI=1S/C24H20FN3O2S2/c1-14-12-16(25)7-9-20(14)28-23(30)22-19(10-11-31-22)27-24(28)32-13-21(29)26-18-8-6-15-4-2-3-5-17(15)18/h2-5,7,9-12,18H,6,8,13H2,1H3,(H,26,29). The number of carbonyl (C=O) groups excluding carboxylic acids is 1. The topological polar surface area (TPSA) is 64.0 Å². The summed E-state index contributed by atoms with van der Waals surface area (Å²) in [5.74, 6) is -0.352. The maximum absolute atomic E-state index is 13.7. The van der Waals surface area contributed by atoms with Gasteiger partial charge < -0.3 is 5.32 Å². The zero-order chi connectivity index (χ0) is 22.2. The molecule has 0 spiro atoms. The molecule has 2 aromatic carbocycles. The first kappa shape index (κ1) is 20.9. The molecule has 0 saturated heterocycles. The SMILES string of the molecule is Cc1cc(F)ccc1-n1c(SCC(=O)NC2CCc3ccccc32)nc2ccsc2c1=O. The number of thioether (sulfide) groups is 1. The Hall–Kier alpha value is -2.97. The van der Waals surface area contributed by atoms with Gasteiger partial charge in [0.05, 0.1) is 23.0 Å². The first-order valence-corrected chi connectivity index (χ1v) is 12.1. The predicted molar refractivity (Wildman–Crippen MR) is 126 cm³/mol. The van der Waals surface area contributed by atoms with Crippen molar-refractivity contribution in [1.29, 1.82) is 0 Å². The molecule has 5 rings (SSSR count). The molecule has 2 aromatic heterocycles. The Kier molecular flexibility index (Phi) is 5.57. The third-order valence-electron chi connectivity index (χ3n) is 5.65. The Morgan fingerprint density at radius 3 is 2.97 bits per heavy atom. The highest BCUT2D eigenvalue weighted by Crippen LogP contribution is 2.31. The number of nitrogens with one attached hydrogen (secondary N) is 1. The minimum absolute atomic E-state index is 0.00755. The van der Waals surface area contributed by atoms with E-state index in [0.717, 1.165) is 12.8 Å². The zero-order valence-corrected chi connectivity index (χ0v) is 18.9. The molecular weight excluding hydrogens is 445 g/mol. The van der Waals surface area contributed by atoms with E-state index in [-0.39, 0.29) is 29.1 Å². The van der Waals surface area contributed by atoms with Gasteiger partial charge in [-0.05, 0) is 66.1 Å². The van der Waals surface area contributed by atoms with Crippen LogP contribution in [0.5, 0.6) is 0 Å². The predicted octanol–water partition coefficient (Wildman–Crippen LogP) is 4.79. The van der Waals surface area contributed by atoms with E-state index in [2.05, 4.69) is 22.4 Å². The molecule has 1 aliphatic carbocycles. The Labute approximate surface area is 192 Å². The fourth-order valence-corrected chi connectivity index (χ4v) is 5.72. The van der Waals surface area contributed by atoms with E-state index in [1.165, 1.54) is 50.9 Å². The van der Waals surface area contributed by atoms with Crippen molar-refractivity contribution in [3.63, 3.8) is 0 Å². The lowest BCUT2D eigenvalue weighted by Crippen LogP contribution is -2.29. The van der Waals surface area contributed by atoms with Gasteiger partial charge in [0, 0.05) is 0 Å². The number of nitrogens with zero attached hydrogens (tertiary/aromatic N) is 2. The van der Waals surface area contributed by atoms with E-state index in [4.69, 9.17) is 0 Å². The molecule has 0 saturated carbocycles. The van der Waals surface area contributed by atoms with Crippen molar-refractivity contribution < 1.29 is 9.18 Å². The summed E-state index contributed by atoms with van der Waals surface area (Å²) in [5.41, 5.74) is 4.01. The van der Waals surface area contributed by atoms with Gasteiger partial charge in [-0.15, -0.1) is 11.3 Å². The van der Waals surface area contributed by atoms with Crippen LogP contribution in [0.25, 0.3) is 15.9 Å². The molecule has 1 N–H and O–H groups in total. The van der Waals surface area contributed by atoms with Crippen LogP contribution in [0, 0.1) is 12.7 Å². The molecule has 4 aromatic rings. The van der Waals surface area contributed by atoms with E-state index in [1.54, 1.807) is 19.1 Å². The second-order valence-corrected chi connectivity index (χ2v) is 9.61. The van der Waals surface area contributed by atoms with Crippen molar-refractivity contribution in [3.8, 4) is 5.69 Å². The van der Waals surface area contributed by atoms with Gasteiger partial charge >= 0.3 is 0 Å². The highest BCUT2D eigenvalue weighted by molar-refractivity contribution is 7.99. The average molecular weight is 466 g/mol. The minimum Gasteiger partial charge on any atom is -0.349 e. The van der Waals surface area contributed by atoms with Gasteiger partial charge in [-0.2, -0.15) is 0 Å². The molecule has 0 aliphatic heterocycles. The normalized spacial score (nSPS) is 15.1. The van der Waals surface area contributed by atoms with Crippen LogP contribution in [0.3, 0.4) is 0 Å². The van der Waals surface area contributed by atoms with Crippen LogP contribution in [-0.2, 0) is 11.2 Å². The Bertz CT molecular complexity index is 1400. The van der Waals surface area contributed by atoms with Crippen LogP contribution in [0.4, 0.5) is 4.39 Å². The number of aryl methyl sites for hydroxylation is 2. The van der Waals surface area contributed by atoms with Gasteiger partial charge in [-0.3, -0.25) is 14.2 Å². The number of hydrogen-bond donors (Lipinski definition) is 1. The van der Waals surface area contributed by atoms with Crippen LogP contribution < -0.4 is 10.9 Å². The summed E-state index contributed by atoms with van der Waals surface area (Å²) < 4.78 is 15.7. The highest BCUT2D eigenvalue weighted by atomic mass is 32.2. The van der Waals surface area contributed by atoms with E-state index < -0.39 is 0 Å². The van der Waals surface area contributed by atoms with Crippen molar-refractivity contribution in [1.82, 2.24) is 14.9 Å². The van der Waals surface area contributed by atoms with Crippen LogP contribution in [0.1, 0.15) is 29.2 Å².